The molecule has 1 saturated heterocycles. The average molecular weight is 604 g/mol. The number of hydrogen-bond donors (Lipinski definition) is 3. The third-order valence-electron chi connectivity index (χ3n) is 9.12. The molecule has 2 aliphatic heterocycles. The predicted octanol–water partition coefficient (Wildman–Crippen LogP) is 5.14. The molecule has 11 heteroatoms. The molecule has 1 amide bonds. The summed E-state index contributed by atoms with van der Waals surface area (Å²) in [5.74, 6) is -0.575. The van der Waals surface area contributed by atoms with Gasteiger partial charge in [0.25, 0.3) is 15.9 Å². The first-order valence-corrected chi connectivity index (χ1v) is 16.0. The molecule has 3 unspecified atom stereocenters. The Balaban J connectivity index is 1.47. The summed E-state index contributed by atoms with van der Waals surface area (Å²) in [6.45, 7) is 11.2. The number of pyridine rings is 2. The van der Waals surface area contributed by atoms with E-state index in [2.05, 4.69) is 54.5 Å². The number of fused-ring (bicyclic) bond motifs is 5. The van der Waals surface area contributed by atoms with Gasteiger partial charge in [-0.3, -0.25) is 4.79 Å². The maximum absolute atomic E-state index is 13.7. The Morgan fingerprint density at radius 2 is 1.77 bits per heavy atom. The van der Waals surface area contributed by atoms with Crippen LogP contribution in [-0.2, 0) is 15.4 Å². The van der Waals surface area contributed by atoms with Crippen LogP contribution in [0.4, 0.5) is 11.6 Å². The maximum atomic E-state index is 13.7. The highest BCUT2D eigenvalue weighted by atomic mass is 32.2. The van der Waals surface area contributed by atoms with E-state index in [1.54, 1.807) is 48.5 Å². The van der Waals surface area contributed by atoms with Crippen molar-refractivity contribution in [3.05, 3.63) is 77.0 Å². The Labute approximate surface area is 252 Å². The lowest BCUT2D eigenvalue weighted by atomic mass is 9.89. The monoisotopic (exact) mass is 603 g/mol. The molecule has 3 N–H and O–H groups in total. The molecule has 10 nitrogen and oxygen atoms in total. The molecule has 6 rings (SSSR count). The van der Waals surface area contributed by atoms with Crippen molar-refractivity contribution in [2.75, 3.05) is 16.8 Å². The molecule has 3 atom stereocenters. The number of amides is 1. The Hall–Kier alpha value is -3.99. The number of hydrogen-bond acceptors (Lipinski definition) is 8. The number of nitrogens with zero attached hydrogens (tertiary/aromatic N) is 3. The van der Waals surface area contributed by atoms with E-state index in [0.717, 1.165) is 30.5 Å². The molecule has 4 bridgehead atoms. The van der Waals surface area contributed by atoms with Crippen LogP contribution in [0.3, 0.4) is 0 Å². The SMILES string of the molecule is CC(C)(C)c1ccc2c(n1)N1CC3(CC3CC(c3ccc(C(=O)O)cc3)Nc3cccc(n3)S(=O)(=O)NC2=O)CC1(C)C. The van der Waals surface area contributed by atoms with Gasteiger partial charge < -0.3 is 15.3 Å². The van der Waals surface area contributed by atoms with Crippen molar-refractivity contribution in [3.63, 3.8) is 0 Å². The van der Waals surface area contributed by atoms with Crippen molar-refractivity contribution in [3.8, 4) is 0 Å². The van der Waals surface area contributed by atoms with E-state index in [1.807, 2.05) is 0 Å². The predicted molar refractivity (Wildman–Crippen MR) is 163 cm³/mol. The van der Waals surface area contributed by atoms with Crippen molar-refractivity contribution in [2.45, 2.75) is 75.9 Å². The first kappa shape index (κ1) is 29.1. The van der Waals surface area contributed by atoms with Crippen molar-refractivity contribution in [1.29, 1.82) is 0 Å². The quantitative estimate of drug-likeness (QED) is 0.363. The topological polar surface area (TPSA) is 142 Å². The third-order valence-corrected chi connectivity index (χ3v) is 10.4. The van der Waals surface area contributed by atoms with Gasteiger partial charge in [0.05, 0.1) is 17.2 Å². The van der Waals surface area contributed by atoms with Gasteiger partial charge in [-0.25, -0.2) is 19.5 Å². The lowest BCUT2D eigenvalue weighted by Crippen LogP contribution is -2.41. The standard InChI is InChI=1S/C32H37N5O5S/c1-30(2,3)24-14-13-22-27(34-24)37-18-32(17-31(37,4)5)16-21(32)15-23(19-9-11-20(12-10-19)29(39)40)33-25-7-6-8-26(35-25)43(41,42)36-28(22)38/h6-14,21,23H,15-18H2,1-5H3,(H,33,35)(H,36,38)(H,39,40). The van der Waals surface area contributed by atoms with E-state index in [1.165, 1.54) is 6.07 Å². The molecule has 43 heavy (non-hydrogen) atoms. The van der Waals surface area contributed by atoms with Gasteiger partial charge in [-0.15, -0.1) is 0 Å². The molecule has 3 aromatic rings. The summed E-state index contributed by atoms with van der Waals surface area (Å²) >= 11 is 0. The summed E-state index contributed by atoms with van der Waals surface area (Å²) < 4.78 is 29.1. The van der Waals surface area contributed by atoms with Crippen LogP contribution < -0.4 is 14.9 Å². The lowest BCUT2D eigenvalue weighted by Gasteiger charge is -2.34. The van der Waals surface area contributed by atoms with Crippen LogP contribution >= 0.6 is 0 Å². The first-order chi connectivity index (χ1) is 20.1. The summed E-state index contributed by atoms with van der Waals surface area (Å²) in [6, 6.07) is 14.6. The largest absolute Gasteiger partial charge is 0.478 e. The number of carbonyl (C=O) groups is 2. The van der Waals surface area contributed by atoms with E-state index < -0.39 is 21.9 Å². The third kappa shape index (κ3) is 5.35. The van der Waals surface area contributed by atoms with Gasteiger partial charge in [-0.2, -0.15) is 8.42 Å². The second-order valence-electron chi connectivity index (χ2n) is 13.8. The molecule has 2 fully saturated rings. The summed E-state index contributed by atoms with van der Waals surface area (Å²) in [4.78, 5) is 36.7. The number of sulfonamides is 1. The lowest BCUT2D eigenvalue weighted by molar-refractivity contribution is 0.0696. The molecule has 3 aliphatic rings. The second-order valence-corrected chi connectivity index (χ2v) is 15.4. The number of carboxylic acid groups (broad SMARTS) is 1. The fraction of sp³-hybridized carbons (Fsp3) is 0.438. The molecule has 2 aromatic heterocycles. The smallest absolute Gasteiger partial charge is 0.335 e. The number of nitrogens with one attached hydrogen (secondary N) is 2. The number of carbonyl (C=O) groups excluding carboxylic acids is 1. The van der Waals surface area contributed by atoms with E-state index >= 15 is 0 Å². The molecule has 1 saturated carbocycles. The molecule has 0 radical (unpaired) electrons. The van der Waals surface area contributed by atoms with Gasteiger partial charge in [0.15, 0.2) is 5.03 Å². The average Bonchev–Trinajstić information content (AvgIpc) is 3.50. The van der Waals surface area contributed by atoms with Gasteiger partial charge in [-0.05, 0) is 86.4 Å². The van der Waals surface area contributed by atoms with E-state index in [9.17, 15) is 23.1 Å². The minimum Gasteiger partial charge on any atom is -0.478 e. The zero-order valence-corrected chi connectivity index (χ0v) is 25.8. The van der Waals surface area contributed by atoms with Crippen LogP contribution in [0.1, 0.15) is 91.9 Å². The van der Waals surface area contributed by atoms with Crippen LogP contribution in [0.5, 0.6) is 0 Å². The van der Waals surface area contributed by atoms with Gasteiger partial charge in [0.2, 0.25) is 0 Å². The number of rotatable bonds is 2. The van der Waals surface area contributed by atoms with Crippen LogP contribution in [0.2, 0.25) is 0 Å². The van der Waals surface area contributed by atoms with Crippen LogP contribution in [-0.4, -0.2) is 47.5 Å². The van der Waals surface area contributed by atoms with Crippen LogP contribution in [0, 0.1) is 11.3 Å². The molecule has 226 valence electrons. The number of aromatic carboxylic acids is 1. The summed E-state index contributed by atoms with van der Waals surface area (Å²) in [5.41, 5.74) is 1.49. The van der Waals surface area contributed by atoms with Crippen molar-refractivity contribution >= 4 is 33.5 Å². The van der Waals surface area contributed by atoms with E-state index in [-0.39, 0.29) is 38.6 Å². The molecular weight excluding hydrogens is 566 g/mol. The minimum absolute atomic E-state index is 0.000862. The number of anilines is 2. The zero-order chi connectivity index (χ0) is 30.9. The number of aromatic nitrogens is 2. The second kappa shape index (κ2) is 9.77. The van der Waals surface area contributed by atoms with Gasteiger partial charge in [0, 0.05) is 23.2 Å². The first-order valence-electron chi connectivity index (χ1n) is 14.5. The molecule has 1 spiro atoms. The highest BCUT2D eigenvalue weighted by Crippen LogP contribution is 2.65. The zero-order valence-electron chi connectivity index (χ0n) is 25.0. The Morgan fingerprint density at radius 1 is 1.05 bits per heavy atom. The Kier molecular flexibility index (Phi) is 6.61. The normalized spacial score (nSPS) is 25.7. The Morgan fingerprint density at radius 3 is 2.44 bits per heavy atom. The van der Waals surface area contributed by atoms with Gasteiger partial charge in [-0.1, -0.05) is 39.0 Å². The summed E-state index contributed by atoms with van der Waals surface area (Å²) in [6.07, 6.45) is 2.64. The fourth-order valence-electron chi connectivity index (χ4n) is 6.80. The highest BCUT2D eigenvalue weighted by Gasteiger charge is 2.63. The number of benzene rings is 1. The van der Waals surface area contributed by atoms with Crippen molar-refractivity contribution in [2.24, 2.45) is 11.3 Å². The van der Waals surface area contributed by atoms with E-state index in [4.69, 9.17) is 4.98 Å². The number of carboxylic acids is 1. The van der Waals surface area contributed by atoms with E-state index in [0.29, 0.717) is 24.1 Å². The van der Waals surface area contributed by atoms with Crippen LogP contribution in [0.15, 0.2) is 59.6 Å². The van der Waals surface area contributed by atoms with Gasteiger partial charge >= 0.3 is 5.97 Å². The maximum Gasteiger partial charge on any atom is 0.335 e. The molecule has 1 aliphatic carbocycles. The molecular formula is C32H37N5O5S. The summed E-state index contributed by atoms with van der Waals surface area (Å²) in [7, 11) is -4.32. The molecule has 1 aromatic carbocycles. The van der Waals surface area contributed by atoms with Crippen LogP contribution in [0.25, 0.3) is 0 Å². The van der Waals surface area contributed by atoms with Crippen molar-refractivity contribution in [1.82, 2.24) is 14.7 Å². The summed E-state index contributed by atoms with van der Waals surface area (Å²) in [5, 5.41) is 12.5. The van der Waals surface area contributed by atoms with Crippen molar-refractivity contribution < 1.29 is 23.1 Å². The minimum atomic E-state index is -4.32. The highest BCUT2D eigenvalue weighted by molar-refractivity contribution is 7.90. The van der Waals surface area contributed by atoms with Gasteiger partial charge in [0.1, 0.15) is 11.6 Å². The fourth-order valence-corrected chi connectivity index (χ4v) is 7.74. The Bertz CT molecular complexity index is 1730. The molecule has 4 heterocycles.